The summed E-state index contributed by atoms with van der Waals surface area (Å²) in [6, 6.07) is 0.425. The molecule has 0 aromatic heterocycles. The number of hydrogen-bond acceptors (Lipinski definition) is 2. The Morgan fingerprint density at radius 3 is 2.82 bits per heavy atom. The second kappa shape index (κ2) is 4.07. The number of aliphatic hydroxyl groups excluding tert-OH is 1. The molecule has 0 saturated carbocycles. The van der Waals surface area contributed by atoms with Crippen LogP contribution in [0.2, 0.25) is 0 Å². The van der Waals surface area contributed by atoms with Gasteiger partial charge in [-0.15, -0.1) is 0 Å². The van der Waals surface area contributed by atoms with E-state index in [-0.39, 0.29) is 6.10 Å². The van der Waals surface area contributed by atoms with Crippen molar-refractivity contribution in [1.82, 2.24) is 4.90 Å². The van der Waals surface area contributed by atoms with Crippen molar-refractivity contribution in [3.05, 3.63) is 0 Å². The normalized spacial score (nSPS) is 30.3. The molecule has 1 fully saturated rings. The number of nitrogens with zero attached hydrogens (tertiary/aromatic N) is 1. The van der Waals surface area contributed by atoms with Gasteiger partial charge in [0.05, 0.1) is 6.10 Å². The molecule has 0 bridgehead atoms. The molecule has 0 aromatic rings. The maximum Gasteiger partial charge on any atom is 0.0692 e. The Labute approximate surface area is 69.2 Å². The molecule has 0 radical (unpaired) electrons. The minimum absolute atomic E-state index is 0.111. The van der Waals surface area contributed by atoms with E-state index in [1.54, 1.807) is 0 Å². The third-order valence-electron chi connectivity index (χ3n) is 2.69. The summed E-state index contributed by atoms with van der Waals surface area (Å²) in [5.74, 6) is 0. The molecule has 2 unspecified atom stereocenters. The van der Waals surface area contributed by atoms with Crippen LogP contribution in [-0.4, -0.2) is 35.7 Å². The van der Waals surface area contributed by atoms with Crippen molar-refractivity contribution in [2.45, 2.75) is 44.8 Å². The standard InChI is InChI=1S/C9H19NO/c1-3-9(11)8-6-4-5-7-10(8)2/h8-9,11H,3-7H2,1-2H3. The van der Waals surface area contributed by atoms with Crippen LogP contribution in [0.1, 0.15) is 32.6 Å². The Hall–Kier alpha value is -0.0800. The van der Waals surface area contributed by atoms with E-state index in [4.69, 9.17) is 0 Å². The summed E-state index contributed by atoms with van der Waals surface area (Å²) in [5.41, 5.74) is 0. The molecule has 1 heterocycles. The Morgan fingerprint density at radius 1 is 1.55 bits per heavy atom. The zero-order valence-corrected chi connectivity index (χ0v) is 7.58. The third kappa shape index (κ3) is 2.17. The second-order valence-corrected chi connectivity index (χ2v) is 3.52. The maximum atomic E-state index is 9.61. The van der Waals surface area contributed by atoms with Gasteiger partial charge in [0, 0.05) is 6.04 Å². The van der Waals surface area contributed by atoms with Crippen LogP contribution in [0.25, 0.3) is 0 Å². The van der Waals surface area contributed by atoms with Crippen LogP contribution in [0.15, 0.2) is 0 Å². The fourth-order valence-electron chi connectivity index (χ4n) is 1.86. The summed E-state index contributed by atoms with van der Waals surface area (Å²) in [6.45, 7) is 3.20. The summed E-state index contributed by atoms with van der Waals surface area (Å²) in [4.78, 5) is 2.29. The van der Waals surface area contributed by atoms with E-state index in [0.717, 1.165) is 13.0 Å². The van der Waals surface area contributed by atoms with E-state index in [1.165, 1.54) is 19.3 Å². The van der Waals surface area contributed by atoms with Crippen molar-refractivity contribution in [2.75, 3.05) is 13.6 Å². The van der Waals surface area contributed by atoms with Gasteiger partial charge in [-0.1, -0.05) is 13.3 Å². The minimum atomic E-state index is -0.111. The molecule has 66 valence electrons. The van der Waals surface area contributed by atoms with Gasteiger partial charge in [0.2, 0.25) is 0 Å². The topological polar surface area (TPSA) is 23.5 Å². The highest BCUT2D eigenvalue weighted by Crippen LogP contribution is 2.18. The molecule has 11 heavy (non-hydrogen) atoms. The zero-order chi connectivity index (χ0) is 8.27. The Kier molecular flexibility index (Phi) is 3.34. The summed E-state index contributed by atoms with van der Waals surface area (Å²) in [7, 11) is 2.11. The van der Waals surface area contributed by atoms with Gasteiger partial charge in [-0.25, -0.2) is 0 Å². The number of hydrogen-bond donors (Lipinski definition) is 1. The molecular weight excluding hydrogens is 138 g/mol. The average Bonchev–Trinajstić information content (AvgIpc) is 2.04. The Bertz CT molecular complexity index is 112. The summed E-state index contributed by atoms with van der Waals surface area (Å²) in [6.07, 6.45) is 4.52. The largest absolute Gasteiger partial charge is 0.392 e. The van der Waals surface area contributed by atoms with Crippen LogP contribution in [0.3, 0.4) is 0 Å². The quantitative estimate of drug-likeness (QED) is 0.652. The van der Waals surface area contributed by atoms with Crippen LogP contribution >= 0.6 is 0 Å². The first kappa shape index (κ1) is 9.01. The van der Waals surface area contributed by atoms with E-state index in [2.05, 4.69) is 11.9 Å². The first-order chi connectivity index (χ1) is 5.25. The summed E-state index contributed by atoms with van der Waals surface area (Å²) in [5, 5.41) is 9.61. The summed E-state index contributed by atoms with van der Waals surface area (Å²) >= 11 is 0. The molecule has 1 aliphatic rings. The van der Waals surface area contributed by atoms with Crippen molar-refractivity contribution in [3.63, 3.8) is 0 Å². The monoisotopic (exact) mass is 157 g/mol. The lowest BCUT2D eigenvalue weighted by Gasteiger charge is -2.35. The third-order valence-corrected chi connectivity index (χ3v) is 2.69. The van der Waals surface area contributed by atoms with Gasteiger partial charge < -0.3 is 10.0 Å². The van der Waals surface area contributed by atoms with Crippen molar-refractivity contribution >= 4 is 0 Å². The van der Waals surface area contributed by atoms with Gasteiger partial charge >= 0.3 is 0 Å². The van der Waals surface area contributed by atoms with E-state index >= 15 is 0 Å². The number of aliphatic hydroxyl groups is 1. The fraction of sp³-hybridized carbons (Fsp3) is 1.00. The lowest BCUT2D eigenvalue weighted by molar-refractivity contribution is 0.0390. The lowest BCUT2D eigenvalue weighted by Crippen LogP contribution is -2.44. The van der Waals surface area contributed by atoms with Gasteiger partial charge in [-0.3, -0.25) is 0 Å². The highest BCUT2D eigenvalue weighted by Gasteiger charge is 2.24. The van der Waals surface area contributed by atoms with Crippen molar-refractivity contribution in [3.8, 4) is 0 Å². The first-order valence-electron chi connectivity index (χ1n) is 4.64. The molecule has 0 amide bonds. The highest BCUT2D eigenvalue weighted by atomic mass is 16.3. The predicted octanol–water partition coefficient (Wildman–Crippen LogP) is 1.24. The van der Waals surface area contributed by atoms with E-state index in [1.807, 2.05) is 6.92 Å². The Balaban J connectivity index is 2.40. The number of likely N-dealkylation sites (tertiary alicyclic amines) is 1. The Morgan fingerprint density at radius 2 is 2.27 bits per heavy atom. The molecule has 0 aliphatic carbocycles. The van der Waals surface area contributed by atoms with Crippen LogP contribution in [-0.2, 0) is 0 Å². The van der Waals surface area contributed by atoms with Crippen molar-refractivity contribution in [2.24, 2.45) is 0 Å². The van der Waals surface area contributed by atoms with Gasteiger partial charge in [0.25, 0.3) is 0 Å². The number of piperidine rings is 1. The number of rotatable bonds is 2. The maximum absolute atomic E-state index is 9.61. The highest BCUT2D eigenvalue weighted by molar-refractivity contribution is 4.79. The molecule has 0 aromatic carbocycles. The zero-order valence-electron chi connectivity index (χ0n) is 7.58. The van der Waals surface area contributed by atoms with Gasteiger partial charge in [0.15, 0.2) is 0 Å². The van der Waals surface area contributed by atoms with E-state index in [9.17, 15) is 5.11 Å². The van der Waals surface area contributed by atoms with Gasteiger partial charge in [0.1, 0.15) is 0 Å². The molecule has 0 spiro atoms. The molecule has 2 atom stereocenters. The molecule has 2 nitrogen and oxygen atoms in total. The van der Waals surface area contributed by atoms with Crippen LogP contribution < -0.4 is 0 Å². The predicted molar refractivity (Wildman–Crippen MR) is 46.6 cm³/mol. The lowest BCUT2D eigenvalue weighted by atomic mass is 9.97. The molecular formula is C9H19NO. The van der Waals surface area contributed by atoms with E-state index < -0.39 is 0 Å². The molecule has 1 aliphatic heterocycles. The van der Waals surface area contributed by atoms with E-state index in [0.29, 0.717) is 6.04 Å². The van der Waals surface area contributed by atoms with Gasteiger partial charge in [-0.2, -0.15) is 0 Å². The molecule has 2 heteroatoms. The summed E-state index contributed by atoms with van der Waals surface area (Å²) < 4.78 is 0. The smallest absolute Gasteiger partial charge is 0.0692 e. The first-order valence-corrected chi connectivity index (χ1v) is 4.64. The van der Waals surface area contributed by atoms with Crippen LogP contribution in [0.4, 0.5) is 0 Å². The van der Waals surface area contributed by atoms with Crippen molar-refractivity contribution < 1.29 is 5.11 Å². The van der Waals surface area contributed by atoms with Gasteiger partial charge in [-0.05, 0) is 32.9 Å². The average molecular weight is 157 g/mol. The molecule has 1 saturated heterocycles. The van der Waals surface area contributed by atoms with Crippen LogP contribution in [0.5, 0.6) is 0 Å². The second-order valence-electron chi connectivity index (χ2n) is 3.52. The van der Waals surface area contributed by atoms with Crippen LogP contribution in [0, 0.1) is 0 Å². The molecule has 1 N–H and O–H groups in total. The van der Waals surface area contributed by atoms with Crippen molar-refractivity contribution in [1.29, 1.82) is 0 Å². The number of likely N-dealkylation sites (N-methyl/N-ethyl adjacent to an activating group) is 1. The SMILES string of the molecule is CCC(O)C1CCCCN1C. The molecule has 1 rings (SSSR count). The minimum Gasteiger partial charge on any atom is -0.392 e. The fourth-order valence-corrected chi connectivity index (χ4v) is 1.86.